The van der Waals surface area contributed by atoms with Crippen LogP contribution in [0.25, 0.3) is 6.08 Å². The van der Waals surface area contributed by atoms with Crippen molar-refractivity contribution in [3.63, 3.8) is 0 Å². The Morgan fingerprint density at radius 3 is 2.46 bits per heavy atom. The predicted molar refractivity (Wildman–Crippen MR) is 106 cm³/mol. The molecule has 0 radical (unpaired) electrons. The number of piperazine rings is 1. The first-order valence-corrected chi connectivity index (χ1v) is 9.79. The second kappa shape index (κ2) is 8.03. The molecule has 4 heteroatoms. The van der Waals surface area contributed by atoms with Gasteiger partial charge in [0.1, 0.15) is 0 Å². The second-order valence-corrected chi connectivity index (χ2v) is 8.83. The number of rotatable bonds is 5. The molecule has 0 amide bonds. The van der Waals surface area contributed by atoms with Gasteiger partial charge in [-0.05, 0) is 44.4 Å². The van der Waals surface area contributed by atoms with Crippen molar-refractivity contribution in [2.24, 2.45) is 0 Å². The minimum absolute atomic E-state index is 0.131. The molecule has 0 aromatic carbocycles. The van der Waals surface area contributed by atoms with Gasteiger partial charge in [0.05, 0.1) is 5.69 Å². The molecule has 0 atom stereocenters. The smallest absolute Gasteiger partial charge is 0.0627 e. The van der Waals surface area contributed by atoms with E-state index < -0.39 is 0 Å². The van der Waals surface area contributed by atoms with Gasteiger partial charge in [-0.1, -0.05) is 25.0 Å². The lowest BCUT2D eigenvalue weighted by molar-refractivity contribution is 0.105. The fraction of sp³-hybridized carbons (Fsp3) is 0.650. The van der Waals surface area contributed by atoms with E-state index in [4.69, 9.17) is 0 Å². The van der Waals surface area contributed by atoms with Gasteiger partial charge in [-0.15, -0.1) is 0 Å². The molecular weight excluding hydrogens is 314 g/mol. The van der Waals surface area contributed by atoms with Gasteiger partial charge in [-0.25, -0.2) is 0 Å². The quantitative estimate of drug-likeness (QED) is 0.819. The van der Waals surface area contributed by atoms with Crippen molar-refractivity contribution < 1.29 is 0 Å². The average Bonchev–Trinajstić information content (AvgIpc) is 3.10. The Labute approximate surface area is 152 Å². The number of pyridine rings is 1. The van der Waals surface area contributed by atoms with E-state index in [1.807, 2.05) is 6.20 Å². The molecule has 2 aliphatic rings. The summed E-state index contributed by atoms with van der Waals surface area (Å²) in [6, 6.07) is 5.09. The summed E-state index contributed by atoms with van der Waals surface area (Å²) in [7, 11) is 0. The molecule has 1 saturated carbocycles. The SMILES string of the molecule is CC(C)(S)c1ccc(/C=C/CN2CCN(C3CCCC3)CC2)nc1. The van der Waals surface area contributed by atoms with E-state index in [9.17, 15) is 0 Å². The summed E-state index contributed by atoms with van der Waals surface area (Å²) in [6.45, 7) is 10.1. The summed E-state index contributed by atoms with van der Waals surface area (Å²) in [4.78, 5) is 9.79. The minimum atomic E-state index is -0.131. The molecule has 2 heterocycles. The summed E-state index contributed by atoms with van der Waals surface area (Å²) in [5.74, 6) is 0. The van der Waals surface area contributed by atoms with Crippen LogP contribution in [-0.4, -0.2) is 53.5 Å². The lowest BCUT2D eigenvalue weighted by atomic mass is 10.0. The Balaban J connectivity index is 1.43. The predicted octanol–water partition coefficient (Wildman–Crippen LogP) is 3.82. The summed E-state index contributed by atoms with van der Waals surface area (Å²) >= 11 is 4.59. The molecule has 132 valence electrons. The summed E-state index contributed by atoms with van der Waals surface area (Å²) in [5, 5.41) is 0. The summed E-state index contributed by atoms with van der Waals surface area (Å²) in [6.07, 6.45) is 12.0. The molecule has 0 bridgehead atoms. The number of hydrogen-bond donors (Lipinski definition) is 1. The first kappa shape index (κ1) is 18.0. The first-order valence-electron chi connectivity index (χ1n) is 9.34. The van der Waals surface area contributed by atoms with E-state index >= 15 is 0 Å². The van der Waals surface area contributed by atoms with Crippen LogP contribution in [0.2, 0.25) is 0 Å². The fourth-order valence-corrected chi connectivity index (χ4v) is 3.90. The lowest BCUT2D eigenvalue weighted by Crippen LogP contribution is -2.49. The van der Waals surface area contributed by atoms with Crippen LogP contribution >= 0.6 is 12.6 Å². The topological polar surface area (TPSA) is 19.4 Å². The molecule has 1 aliphatic heterocycles. The summed E-state index contributed by atoms with van der Waals surface area (Å²) in [5.41, 5.74) is 2.19. The van der Waals surface area contributed by atoms with E-state index in [-0.39, 0.29) is 4.75 Å². The minimum Gasteiger partial charge on any atom is -0.298 e. The van der Waals surface area contributed by atoms with Gasteiger partial charge < -0.3 is 0 Å². The molecule has 2 fully saturated rings. The van der Waals surface area contributed by atoms with Gasteiger partial charge in [0.15, 0.2) is 0 Å². The monoisotopic (exact) mass is 345 g/mol. The maximum Gasteiger partial charge on any atom is 0.0627 e. The van der Waals surface area contributed by atoms with Crippen LogP contribution in [0, 0.1) is 0 Å². The van der Waals surface area contributed by atoms with Gasteiger partial charge in [0.25, 0.3) is 0 Å². The average molecular weight is 346 g/mol. The van der Waals surface area contributed by atoms with Gasteiger partial charge >= 0.3 is 0 Å². The molecular formula is C20H31N3S. The zero-order valence-corrected chi connectivity index (χ0v) is 16.0. The van der Waals surface area contributed by atoms with Crippen LogP contribution in [0.15, 0.2) is 24.4 Å². The van der Waals surface area contributed by atoms with E-state index in [1.54, 1.807) is 0 Å². The van der Waals surface area contributed by atoms with Gasteiger partial charge in [-0.2, -0.15) is 12.6 Å². The van der Waals surface area contributed by atoms with Crippen molar-refractivity contribution in [1.29, 1.82) is 0 Å². The van der Waals surface area contributed by atoms with Crippen LogP contribution in [0.5, 0.6) is 0 Å². The maximum atomic E-state index is 4.59. The number of aromatic nitrogens is 1. The Morgan fingerprint density at radius 2 is 1.88 bits per heavy atom. The van der Waals surface area contributed by atoms with Gasteiger partial charge in [0.2, 0.25) is 0 Å². The molecule has 24 heavy (non-hydrogen) atoms. The highest BCUT2D eigenvalue weighted by molar-refractivity contribution is 7.81. The molecule has 1 aliphatic carbocycles. The third-order valence-electron chi connectivity index (χ3n) is 5.39. The zero-order chi connectivity index (χ0) is 17.0. The maximum absolute atomic E-state index is 4.59. The Kier molecular flexibility index (Phi) is 6.01. The summed E-state index contributed by atoms with van der Waals surface area (Å²) < 4.78 is -0.131. The Hall–Kier alpha value is -0.840. The van der Waals surface area contributed by atoms with Crippen LogP contribution in [0.4, 0.5) is 0 Å². The highest BCUT2D eigenvalue weighted by atomic mass is 32.1. The zero-order valence-electron chi connectivity index (χ0n) is 15.1. The van der Waals surface area contributed by atoms with E-state index in [0.29, 0.717) is 0 Å². The van der Waals surface area contributed by atoms with Crippen molar-refractivity contribution >= 4 is 18.7 Å². The molecule has 3 rings (SSSR count). The van der Waals surface area contributed by atoms with E-state index in [2.05, 4.69) is 65.5 Å². The van der Waals surface area contributed by atoms with Gasteiger partial charge in [-0.3, -0.25) is 14.8 Å². The number of hydrogen-bond acceptors (Lipinski definition) is 4. The van der Waals surface area contributed by atoms with E-state index in [0.717, 1.165) is 23.8 Å². The van der Waals surface area contributed by atoms with Crippen molar-refractivity contribution in [3.8, 4) is 0 Å². The van der Waals surface area contributed by atoms with Crippen molar-refractivity contribution in [2.45, 2.75) is 50.3 Å². The molecule has 1 saturated heterocycles. The van der Waals surface area contributed by atoms with Crippen LogP contribution < -0.4 is 0 Å². The standard InChI is InChI=1S/C20H31N3S/c1-20(2,24)17-9-10-18(21-16-17)6-5-11-22-12-14-23(15-13-22)19-7-3-4-8-19/h5-6,9-10,16,19,24H,3-4,7-8,11-15H2,1-2H3/b6-5+. The molecule has 3 nitrogen and oxygen atoms in total. The second-order valence-electron chi connectivity index (χ2n) is 7.71. The van der Waals surface area contributed by atoms with Crippen molar-refractivity contribution in [3.05, 3.63) is 35.7 Å². The number of nitrogens with zero attached hydrogens (tertiary/aromatic N) is 3. The Morgan fingerprint density at radius 1 is 1.17 bits per heavy atom. The molecule has 0 unspecified atom stereocenters. The van der Waals surface area contributed by atoms with Crippen LogP contribution in [-0.2, 0) is 4.75 Å². The normalized spacial score (nSPS) is 21.8. The van der Waals surface area contributed by atoms with Crippen molar-refractivity contribution in [1.82, 2.24) is 14.8 Å². The molecule has 1 aromatic rings. The van der Waals surface area contributed by atoms with Crippen molar-refractivity contribution in [2.75, 3.05) is 32.7 Å². The lowest BCUT2D eigenvalue weighted by Gasteiger charge is -2.37. The van der Waals surface area contributed by atoms with Gasteiger partial charge in [0, 0.05) is 49.7 Å². The Bertz CT molecular complexity index is 533. The van der Waals surface area contributed by atoms with Crippen LogP contribution in [0.3, 0.4) is 0 Å². The molecule has 0 N–H and O–H groups in total. The molecule has 0 spiro atoms. The third-order valence-corrected chi connectivity index (χ3v) is 5.65. The highest BCUT2D eigenvalue weighted by Crippen LogP contribution is 2.26. The number of thiol groups is 1. The van der Waals surface area contributed by atoms with Crippen LogP contribution in [0.1, 0.15) is 50.8 Å². The highest BCUT2D eigenvalue weighted by Gasteiger charge is 2.25. The fourth-order valence-electron chi connectivity index (χ4n) is 3.77. The largest absolute Gasteiger partial charge is 0.298 e. The third kappa shape index (κ3) is 4.84. The first-order chi connectivity index (χ1) is 11.5. The van der Waals surface area contributed by atoms with E-state index in [1.165, 1.54) is 51.9 Å². The molecule has 1 aromatic heterocycles.